The van der Waals surface area contributed by atoms with E-state index >= 15 is 0 Å². The van der Waals surface area contributed by atoms with Gasteiger partial charge in [0.05, 0.1) is 11.5 Å². The molecule has 1 amide bonds. The first-order chi connectivity index (χ1) is 8.48. The fourth-order valence-corrected chi connectivity index (χ4v) is 4.60. The molecule has 4 nitrogen and oxygen atoms in total. The second kappa shape index (κ2) is 5.43. The molecule has 1 fully saturated rings. The van der Waals surface area contributed by atoms with E-state index in [1.54, 1.807) is 0 Å². The van der Waals surface area contributed by atoms with Crippen molar-refractivity contribution in [3.8, 4) is 0 Å². The summed E-state index contributed by atoms with van der Waals surface area (Å²) in [6, 6.07) is 0. The minimum Gasteiger partial charge on any atom is -0.352 e. The molecular weight excluding hydrogens is 250 g/mol. The third-order valence-electron chi connectivity index (χ3n) is 3.88. The average molecular weight is 271 g/mol. The SMILES string of the molecule is CC1=C(C(=O)NCC2CCCS(=O)(=O)C2)CCC1. The summed E-state index contributed by atoms with van der Waals surface area (Å²) < 4.78 is 23.0. The van der Waals surface area contributed by atoms with E-state index in [1.165, 1.54) is 5.57 Å². The lowest BCUT2D eigenvalue weighted by atomic mass is 10.1. The Labute approximate surface area is 109 Å². The second-order valence-corrected chi connectivity index (χ2v) is 7.67. The Hall–Kier alpha value is -0.840. The summed E-state index contributed by atoms with van der Waals surface area (Å²) in [5.74, 6) is 0.635. The van der Waals surface area contributed by atoms with Crippen molar-refractivity contribution < 1.29 is 13.2 Å². The molecule has 0 aromatic carbocycles. The van der Waals surface area contributed by atoms with E-state index in [0.29, 0.717) is 12.3 Å². The van der Waals surface area contributed by atoms with Gasteiger partial charge in [0.25, 0.3) is 0 Å². The quantitative estimate of drug-likeness (QED) is 0.844. The maximum absolute atomic E-state index is 11.9. The monoisotopic (exact) mass is 271 g/mol. The number of sulfone groups is 1. The minimum absolute atomic E-state index is 0.00738. The first-order valence-electron chi connectivity index (χ1n) is 6.65. The third-order valence-corrected chi connectivity index (χ3v) is 5.77. The number of hydrogen-bond acceptors (Lipinski definition) is 3. The van der Waals surface area contributed by atoms with E-state index in [2.05, 4.69) is 5.32 Å². The van der Waals surface area contributed by atoms with Crippen molar-refractivity contribution >= 4 is 15.7 Å². The van der Waals surface area contributed by atoms with Crippen LogP contribution >= 0.6 is 0 Å². The van der Waals surface area contributed by atoms with Gasteiger partial charge in [0.15, 0.2) is 9.84 Å². The number of carbonyl (C=O) groups is 1. The van der Waals surface area contributed by atoms with Crippen LogP contribution in [0.3, 0.4) is 0 Å². The highest BCUT2D eigenvalue weighted by Gasteiger charge is 2.25. The number of allylic oxidation sites excluding steroid dienone is 1. The van der Waals surface area contributed by atoms with E-state index in [0.717, 1.165) is 37.7 Å². The molecule has 0 aromatic heterocycles. The molecule has 1 saturated heterocycles. The van der Waals surface area contributed by atoms with Crippen molar-refractivity contribution in [1.82, 2.24) is 5.32 Å². The number of nitrogens with one attached hydrogen (secondary N) is 1. The van der Waals surface area contributed by atoms with Gasteiger partial charge >= 0.3 is 0 Å². The molecule has 1 heterocycles. The van der Waals surface area contributed by atoms with Gasteiger partial charge in [-0.1, -0.05) is 5.57 Å². The summed E-state index contributed by atoms with van der Waals surface area (Å²) >= 11 is 0. The molecule has 1 aliphatic carbocycles. The van der Waals surface area contributed by atoms with Gasteiger partial charge in [-0.15, -0.1) is 0 Å². The van der Waals surface area contributed by atoms with Crippen molar-refractivity contribution in [3.63, 3.8) is 0 Å². The van der Waals surface area contributed by atoms with Crippen LogP contribution in [0, 0.1) is 5.92 Å². The average Bonchev–Trinajstić information content (AvgIpc) is 2.71. The Morgan fingerprint density at radius 2 is 2.11 bits per heavy atom. The predicted molar refractivity (Wildman–Crippen MR) is 70.9 cm³/mol. The number of rotatable bonds is 3. The summed E-state index contributed by atoms with van der Waals surface area (Å²) in [5, 5.41) is 2.90. The Morgan fingerprint density at radius 1 is 1.33 bits per heavy atom. The smallest absolute Gasteiger partial charge is 0.247 e. The number of carbonyl (C=O) groups excluding carboxylic acids is 1. The lowest BCUT2D eigenvalue weighted by molar-refractivity contribution is -0.117. The molecule has 2 rings (SSSR count). The molecule has 0 saturated carbocycles. The number of hydrogen-bond donors (Lipinski definition) is 1. The fourth-order valence-electron chi connectivity index (χ4n) is 2.82. The zero-order valence-electron chi connectivity index (χ0n) is 10.9. The maximum atomic E-state index is 11.9. The number of amides is 1. The molecule has 0 radical (unpaired) electrons. The van der Waals surface area contributed by atoms with Crippen LogP contribution in [0.1, 0.15) is 39.0 Å². The highest BCUT2D eigenvalue weighted by Crippen LogP contribution is 2.25. The summed E-state index contributed by atoms with van der Waals surface area (Å²) in [6.07, 6.45) is 4.57. The Balaban J connectivity index is 1.85. The van der Waals surface area contributed by atoms with Gasteiger partial charge in [-0.3, -0.25) is 4.79 Å². The summed E-state index contributed by atoms with van der Waals surface area (Å²) in [6.45, 7) is 2.50. The van der Waals surface area contributed by atoms with E-state index in [9.17, 15) is 13.2 Å². The lowest BCUT2D eigenvalue weighted by Gasteiger charge is -2.22. The molecule has 0 aromatic rings. The first kappa shape index (κ1) is 13.6. The molecule has 1 N–H and O–H groups in total. The molecule has 1 atom stereocenters. The van der Waals surface area contributed by atoms with Crippen molar-refractivity contribution in [3.05, 3.63) is 11.1 Å². The summed E-state index contributed by atoms with van der Waals surface area (Å²) in [4.78, 5) is 11.9. The molecule has 0 bridgehead atoms. The van der Waals surface area contributed by atoms with Crippen LogP contribution in [0.5, 0.6) is 0 Å². The molecule has 18 heavy (non-hydrogen) atoms. The highest BCUT2D eigenvalue weighted by molar-refractivity contribution is 7.91. The molecule has 1 unspecified atom stereocenters. The van der Waals surface area contributed by atoms with Gasteiger partial charge in [-0.2, -0.15) is 0 Å². The zero-order valence-corrected chi connectivity index (χ0v) is 11.7. The Kier molecular flexibility index (Phi) is 4.10. The van der Waals surface area contributed by atoms with Crippen molar-refractivity contribution in [2.45, 2.75) is 39.0 Å². The van der Waals surface area contributed by atoms with E-state index in [-0.39, 0.29) is 17.6 Å². The van der Waals surface area contributed by atoms with Gasteiger partial charge in [0.2, 0.25) is 5.91 Å². The predicted octanol–water partition coefficient (Wildman–Crippen LogP) is 1.43. The molecule has 0 spiro atoms. The highest BCUT2D eigenvalue weighted by atomic mass is 32.2. The van der Waals surface area contributed by atoms with Crippen LogP contribution in [0.15, 0.2) is 11.1 Å². The first-order valence-corrected chi connectivity index (χ1v) is 8.47. The van der Waals surface area contributed by atoms with Gasteiger partial charge < -0.3 is 5.32 Å². The van der Waals surface area contributed by atoms with Crippen molar-refractivity contribution in [2.24, 2.45) is 5.92 Å². The largest absolute Gasteiger partial charge is 0.352 e. The van der Waals surface area contributed by atoms with Crippen LogP contribution < -0.4 is 5.32 Å². The van der Waals surface area contributed by atoms with Gasteiger partial charge in [-0.05, 0) is 44.9 Å². The molecule has 5 heteroatoms. The van der Waals surface area contributed by atoms with Crippen LogP contribution in [0.4, 0.5) is 0 Å². The van der Waals surface area contributed by atoms with Crippen molar-refractivity contribution in [2.75, 3.05) is 18.1 Å². The molecular formula is C13H21NO3S. The summed E-state index contributed by atoms with van der Waals surface area (Å²) in [7, 11) is -2.87. The van der Waals surface area contributed by atoms with E-state index < -0.39 is 9.84 Å². The van der Waals surface area contributed by atoms with Crippen LogP contribution in [0.25, 0.3) is 0 Å². The second-order valence-electron chi connectivity index (χ2n) is 5.45. The third kappa shape index (κ3) is 3.34. The van der Waals surface area contributed by atoms with Gasteiger partial charge in [-0.25, -0.2) is 8.42 Å². The van der Waals surface area contributed by atoms with Crippen LogP contribution in [-0.2, 0) is 14.6 Å². The van der Waals surface area contributed by atoms with Gasteiger partial charge in [0.1, 0.15) is 0 Å². The van der Waals surface area contributed by atoms with Crippen LogP contribution in [0.2, 0.25) is 0 Å². The summed E-state index contributed by atoms with van der Waals surface area (Å²) in [5.41, 5.74) is 2.09. The lowest BCUT2D eigenvalue weighted by Crippen LogP contribution is -2.36. The Morgan fingerprint density at radius 3 is 2.72 bits per heavy atom. The van der Waals surface area contributed by atoms with E-state index in [4.69, 9.17) is 0 Å². The fraction of sp³-hybridized carbons (Fsp3) is 0.769. The molecule has 2 aliphatic rings. The van der Waals surface area contributed by atoms with Crippen LogP contribution in [-0.4, -0.2) is 32.4 Å². The van der Waals surface area contributed by atoms with E-state index in [1.807, 2.05) is 6.92 Å². The normalized spacial score (nSPS) is 27.3. The standard InChI is InChI=1S/C13H21NO3S/c1-10-4-2-6-12(10)13(15)14-8-11-5-3-7-18(16,17)9-11/h11H,2-9H2,1H3,(H,14,15). The molecule has 1 aliphatic heterocycles. The minimum atomic E-state index is -2.87. The topological polar surface area (TPSA) is 63.2 Å². The van der Waals surface area contributed by atoms with Crippen molar-refractivity contribution in [1.29, 1.82) is 0 Å². The maximum Gasteiger partial charge on any atom is 0.247 e. The molecule has 102 valence electrons. The van der Waals surface area contributed by atoms with Gasteiger partial charge in [0, 0.05) is 12.1 Å². The zero-order chi connectivity index (χ0) is 13.2. The Bertz CT molecular complexity index is 465.